The summed E-state index contributed by atoms with van der Waals surface area (Å²) in [6.45, 7) is 0.601. The van der Waals surface area contributed by atoms with Gasteiger partial charge in [-0.1, -0.05) is 0 Å². The molecule has 1 aliphatic rings. The van der Waals surface area contributed by atoms with Gasteiger partial charge in [0, 0.05) is 6.20 Å². The number of carboxylic acid groups (broad SMARTS) is 1. The molecule has 80 valence electrons. The van der Waals surface area contributed by atoms with E-state index in [0.717, 1.165) is 0 Å². The molecule has 1 fully saturated rings. The van der Waals surface area contributed by atoms with Gasteiger partial charge in [0.15, 0.2) is 0 Å². The molecule has 1 aliphatic heterocycles. The molecule has 2 rings (SSSR count). The fourth-order valence-electron chi connectivity index (χ4n) is 1.35. The van der Waals surface area contributed by atoms with Gasteiger partial charge in [0.2, 0.25) is 0 Å². The molecule has 0 bridgehead atoms. The number of aliphatic carboxylic acids is 1. The van der Waals surface area contributed by atoms with Gasteiger partial charge in [-0.25, -0.2) is 4.79 Å². The Kier molecular flexibility index (Phi) is 2.28. The van der Waals surface area contributed by atoms with Crippen molar-refractivity contribution in [3.8, 4) is 0 Å². The Balaban J connectivity index is 2.12. The average Bonchev–Trinajstić information content (AvgIpc) is 2.72. The highest BCUT2D eigenvalue weighted by molar-refractivity contribution is 5.88. The van der Waals surface area contributed by atoms with E-state index in [9.17, 15) is 9.59 Å². The van der Waals surface area contributed by atoms with Gasteiger partial charge in [-0.05, 0) is 0 Å². The number of amides is 1. The monoisotopic (exact) mass is 211 g/mol. The van der Waals surface area contributed by atoms with Crippen LogP contribution < -0.4 is 4.90 Å². The van der Waals surface area contributed by atoms with E-state index < -0.39 is 12.1 Å². The lowest BCUT2D eigenvalue weighted by Gasteiger charge is -2.07. The summed E-state index contributed by atoms with van der Waals surface area (Å²) in [5.41, 5.74) is 0.554. The van der Waals surface area contributed by atoms with Crippen molar-refractivity contribution >= 4 is 17.7 Å². The van der Waals surface area contributed by atoms with Gasteiger partial charge in [-0.3, -0.25) is 14.4 Å². The Morgan fingerprint density at radius 2 is 2.47 bits per heavy atom. The van der Waals surface area contributed by atoms with Gasteiger partial charge < -0.3 is 9.84 Å². The molecule has 1 aromatic heterocycles. The molecule has 0 atom stereocenters. The van der Waals surface area contributed by atoms with Crippen molar-refractivity contribution in [1.82, 2.24) is 9.78 Å². The SMILES string of the molecule is O=C(O)Cn1cc(N2CCOC2=O)cn1. The average molecular weight is 211 g/mol. The van der Waals surface area contributed by atoms with Gasteiger partial charge >= 0.3 is 12.1 Å². The van der Waals surface area contributed by atoms with E-state index in [1.54, 1.807) is 0 Å². The number of carbonyl (C=O) groups excluding carboxylic acids is 1. The van der Waals surface area contributed by atoms with Crippen LogP contribution in [0.25, 0.3) is 0 Å². The first-order valence-electron chi connectivity index (χ1n) is 4.35. The van der Waals surface area contributed by atoms with Crippen LogP contribution in [0.3, 0.4) is 0 Å². The highest BCUT2D eigenvalue weighted by atomic mass is 16.6. The molecule has 1 amide bonds. The smallest absolute Gasteiger partial charge is 0.414 e. The zero-order chi connectivity index (χ0) is 10.8. The van der Waals surface area contributed by atoms with Crippen molar-refractivity contribution in [2.45, 2.75) is 6.54 Å². The molecule has 7 heteroatoms. The van der Waals surface area contributed by atoms with Gasteiger partial charge in [-0.15, -0.1) is 0 Å². The van der Waals surface area contributed by atoms with Crippen LogP contribution in [0, 0.1) is 0 Å². The molecule has 1 aromatic rings. The predicted molar refractivity (Wildman–Crippen MR) is 48.6 cm³/mol. The number of carboxylic acids is 1. The first-order chi connectivity index (χ1) is 7.16. The molecule has 0 aliphatic carbocycles. The van der Waals surface area contributed by atoms with Gasteiger partial charge in [0.1, 0.15) is 13.2 Å². The van der Waals surface area contributed by atoms with E-state index in [0.29, 0.717) is 18.8 Å². The number of nitrogens with zero attached hydrogens (tertiary/aromatic N) is 3. The lowest BCUT2D eigenvalue weighted by atomic mass is 10.5. The van der Waals surface area contributed by atoms with Crippen LogP contribution in [0.2, 0.25) is 0 Å². The van der Waals surface area contributed by atoms with E-state index in [2.05, 4.69) is 5.10 Å². The molecule has 0 spiro atoms. The van der Waals surface area contributed by atoms with Gasteiger partial charge in [-0.2, -0.15) is 5.10 Å². The molecular weight excluding hydrogens is 202 g/mol. The maximum Gasteiger partial charge on any atom is 0.414 e. The van der Waals surface area contributed by atoms with Crippen LogP contribution in [-0.4, -0.2) is 40.1 Å². The summed E-state index contributed by atoms with van der Waals surface area (Å²) in [5.74, 6) is -0.978. The zero-order valence-corrected chi connectivity index (χ0v) is 7.79. The van der Waals surface area contributed by atoms with E-state index in [4.69, 9.17) is 9.84 Å². The number of hydrogen-bond acceptors (Lipinski definition) is 4. The third-order valence-electron chi connectivity index (χ3n) is 1.99. The lowest BCUT2D eigenvalue weighted by molar-refractivity contribution is -0.137. The number of hydrogen-bond donors (Lipinski definition) is 1. The Bertz CT molecular complexity index is 400. The predicted octanol–water partition coefficient (Wildman–Crippen LogP) is -0.0757. The topological polar surface area (TPSA) is 84.7 Å². The highest BCUT2D eigenvalue weighted by Gasteiger charge is 2.24. The molecule has 1 N–H and O–H groups in total. The third kappa shape index (κ3) is 1.90. The summed E-state index contributed by atoms with van der Waals surface area (Å²) in [6, 6.07) is 0. The molecule has 0 unspecified atom stereocenters. The second-order valence-corrected chi connectivity index (χ2v) is 3.06. The standard InChI is InChI=1S/C8H9N3O4/c12-7(13)5-10-4-6(3-9-10)11-1-2-15-8(11)14/h3-4H,1-2,5H2,(H,12,13). The minimum Gasteiger partial charge on any atom is -0.480 e. The first-order valence-corrected chi connectivity index (χ1v) is 4.35. The van der Waals surface area contributed by atoms with Crippen LogP contribution in [0.5, 0.6) is 0 Å². The van der Waals surface area contributed by atoms with Crippen molar-refractivity contribution in [3.63, 3.8) is 0 Å². The van der Waals surface area contributed by atoms with Gasteiger partial charge in [0.25, 0.3) is 0 Å². The second-order valence-electron chi connectivity index (χ2n) is 3.06. The summed E-state index contributed by atoms with van der Waals surface area (Å²) in [6.07, 6.45) is 2.51. The minimum absolute atomic E-state index is 0.219. The molecular formula is C8H9N3O4. The number of ether oxygens (including phenoxy) is 1. The normalized spacial score (nSPS) is 15.5. The molecule has 7 nitrogen and oxygen atoms in total. The quantitative estimate of drug-likeness (QED) is 0.756. The molecule has 0 radical (unpaired) electrons. The Morgan fingerprint density at radius 3 is 3.07 bits per heavy atom. The van der Waals surface area contributed by atoms with Crippen molar-refractivity contribution in [3.05, 3.63) is 12.4 Å². The molecule has 0 aromatic carbocycles. The summed E-state index contributed by atoms with van der Waals surface area (Å²) in [4.78, 5) is 23.0. The fourth-order valence-corrected chi connectivity index (χ4v) is 1.35. The molecule has 2 heterocycles. The van der Waals surface area contributed by atoms with Crippen LogP contribution in [0.15, 0.2) is 12.4 Å². The van der Waals surface area contributed by atoms with E-state index in [-0.39, 0.29) is 6.54 Å². The third-order valence-corrected chi connectivity index (χ3v) is 1.99. The van der Waals surface area contributed by atoms with E-state index in [1.165, 1.54) is 22.0 Å². The maximum absolute atomic E-state index is 11.2. The van der Waals surface area contributed by atoms with Crippen LogP contribution in [-0.2, 0) is 16.1 Å². The van der Waals surface area contributed by atoms with Crippen molar-refractivity contribution in [2.75, 3.05) is 18.1 Å². The number of anilines is 1. The summed E-state index contributed by atoms with van der Waals surface area (Å²) >= 11 is 0. The van der Waals surface area contributed by atoms with E-state index in [1.807, 2.05) is 0 Å². The summed E-state index contributed by atoms with van der Waals surface area (Å²) in [7, 11) is 0. The summed E-state index contributed by atoms with van der Waals surface area (Å²) < 4.78 is 6.00. The van der Waals surface area contributed by atoms with Crippen molar-refractivity contribution in [2.24, 2.45) is 0 Å². The minimum atomic E-state index is -0.978. The second kappa shape index (κ2) is 3.60. The van der Waals surface area contributed by atoms with Crippen LogP contribution >= 0.6 is 0 Å². The number of rotatable bonds is 3. The maximum atomic E-state index is 11.2. The largest absolute Gasteiger partial charge is 0.480 e. The summed E-state index contributed by atoms with van der Waals surface area (Å²) in [5, 5.41) is 12.3. The Labute approximate surface area is 84.8 Å². The van der Waals surface area contributed by atoms with E-state index >= 15 is 0 Å². The van der Waals surface area contributed by atoms with Crippen LogP contribution in [0.4, 0.5) is 10.5 Å². The Hall–Kier alpha value is -2.05. The van der Waals surface area contributed by atoms with Crippen molar-refractivity contribution < 1.29 is 19.4 Å². The molecule has 15 heavy (non-hydrogen) atoms. The first kappa shape index (κ1) is 9.50. The highest BCUT2D eigenvalue weighted by Crippen LogP contribution is 2.17. The number of aromatic nitrogens is 2. The van der Waals surface area contributed by atoms with Gasteiger partial charge in [0.05, 0.1) is 18.4 Å². The van der Waals surface area contributed by atoms with Crippen molar-refractivity contribution in [1.29, 1.82) is 0 Å². The number of carbonyl (C=O) groups is 2. The Morgan fingerprint density at radius 1 is 1.67 bits per heavy atom. The fraction of sp³-hybridized carbons (Fsp3) is 0.375. The molecule has 1 saturated heterocycles. The number of cyclic esters (lactones) is 1. The lowest BCUT2D eigenvalue weighted by Crippen LogP contribution is -2.22. The molecule has 0 saturated carbocycles. The van der Waals surface area contributed by atoms with Crippen LogP contribution in [0.1, 0.15) is 0 Å². The zero-order valence-electron chi connectivity index (χ0n) is 7.79.